The molecule has 106 valence electrons. The largest absolute Gasteiger partial charge is 0.416 e. The topological polar surface area (TPSA) is 106 Å². The number of alkyl halides is 3. The molecule has 0 aliphatic rings. The van der Waals surface area contributed by atoms with Crippen LogP contribution in [0.4, 0.5) is 24.8 Å². The van der Waals surface area contributed by atoms with E-state index in [-0.39, 0.29) is 11.6 Å². The van der Waals surface area contributed by atoms with Crippen LogP contribution in [-0.2, 0) is 11.0 Å². The van der Waals surface area contributed by atoms with E-state index in [1.165, 1.54) is 13.8 Å². The normalized spacial score (nSPS) is 12.1. The Bertz CT molecular complexity index is 487. The molecule has 19 heavy (non-hydrogen) atoms. The summed E-state index contributed by atoms with van der Waals surface area (Å²) in [6.45, 7) is 2.85. The first-order chi connectivity index (χ1) is 8.56. The first kappa shape index (κ1) is 15.0. The van der Waals surface area contributed by atoms with Gasteiger partial charge in [0.05, 0.1) is 5.56 Å². The first-order valence-electron chi connectivity index (χ1n) is 5.20. The number of nitrogen functional groups attached to an aromatic ring is 1. The van der Waals surface area contributed by atoms with E-state index in [9.17, 15) is 18.0 Å². The maximum atomic E-state index is 12.7. The number of amides is 1. The lowest BCUT2D eigenvalue weighted by Crippen LogP contribution is -2.45. The zero-order chi connectivity index (χ0) is 14.8. The molecule has 0 fully saturated rings. The zero-order valence-electron chi connectivity index (χ0n) is 10.3. The Morgan fingerprint density at radius 3 is 2.21 bits per heavy atom. The summed E-state index contributed by atoms with van der Waals surface area (Å²) in [6, 6.07) is 1.52. The third kappa shape index (κ3) is 3.71. The number of primary amides is 1. The van der Waals surface area contributed by atoms with Crippen molar-refractivity contribution in [3.05, 3.63) is 17.7 Å². The second-order valence-electron chi connectivity index (χ2n) is 4.38. The Hall–Kier alpha value is -2.03. The Morgan fingerprint density at radius 1 is 1.26 bits per heavy atom. The van der Waals surface area contributed by atoms with Gasteiger partial charge in [-0.15, -0.1) is 0 Å². The number of carbonyl (C=O) groups is 1. The number of carbonyl (C=O) groups excluding carboxylic acids is 1. The number of nitrogens with two attached hydrogens (primary N) is 2. The van der Waals surface area contributed by atoms with Gasteiger partial charge in [0, 0.05) is 0 Å². The number of nitrogens with zero attached hydrogens (tertiary/aromatic N) is 1. The predicted molar refractivity (Wildman–Crippen MR) is 63.9 cm³/mol. The zero-order valence-corrected chi connectivity index (χ0v) is 10.3. The minimum Gasteiger partial charge on any atom is -0.368 e. The van der Waals surface area contributed by atoms with Crippen molar-refractivity contribution in [2.75, 3.05) is 10.7 Å². The molecule has 1 amide bonds. The van der Waals surface area contributed by atoms with Crippen LogP contribution in [0.2, 0.25) is 0 Å². The number of rotatable bonds is 4. The van der Waals surface area contributed by atoms with Crippen LogP contribution in [-0.4, -0.2) is 16.4 Å². The SMILES string of the molecule is CC(C)(Nc1cc(C(F)(F)F)cc(NN)n1)C(N)=O. The van der Waals surface area contributed by atoms with Gasteiger partial charge in [-0.05, 0) is 26.0 Å². The Kier molecular flexibility index (Phi) is 3.89. The van der Waals surface area contributed by atoms with Crippen molar-refractivity contribution in [1.29, 1.82) is 0 Å². The molecule has 1 aromatic rings. The molecule has 9 heteroatoms. The van der Waals surface area contributed by atoms with Crippen LogP contribution in [0.25, 0.3) is 0 Å². The molecule has 0 radical (unpaired) electrons. The number of hydrogen-bond donors (Lipinski definition) is 4. The van der Waals surface area contributed by atoms with E-state index in [0.29, 0.717) is 0 Å². The molecular weight excluding hydrogens is 263 g/mol. The Labute approximate surface area is 107 Å². The van der Waals surface area contributed by atoms with E-state index in [1.807, 2.05) is 5.43 Å². The van der Waals surface area contributed by atoms with Gasteiger partial charge in [-0.2, -0.15) is 13.2 Å². The molecule has 0 saturated heterocycles. The summed E-state index contributed by atoms with van der Waals surface area (Å²) in [4.78, 5) is 14.9. The number of pyridine rings is 1. The molecule has 0 aliphatic heterocycles. The molecule has 1 rings (SSSR count). The molecule has 0 aromatic carbocycles. The van der Waals surface area contributed by atoms with Crippen molar-refractivity contribution in [2.24, 2.45) is 11.6 Å². The van der Waals surface area contributed by atoms with E-state index in [2.05, 4.69) is 10.3 Å². The highest BCUT2D eigenvalue weighted by molar-refractivity contribution is 5.86. The van der Waals surface area contributed by atoms with Gasteiger partial charge in [0.25, 0.3) is 0 Å². The summed E-state index contributed by atoms with van der Waals surface area (Å²) in [6.07, 6.45) is -4.55. The monoisotopic (exact) mass is 277 g/mol. The average molecular weight is 277 g/mol. The van der Waals surface area contributed by atoms with Crippen LogP contribution in [0.5, 0.6) is 0 Å². The quantitative estimate of drug-likeness (QED) is 0.486. The highest BCUT2D eigenvalue weighted by atomic mass is 19.4. The molecule has 0 atom stereocenters. The van der Waals surface area contributed by atoms with Gasteiger partial charge in [-0.1, -0.05) is 0 Å². The fraction of sp³-hybridized carbons (Fsp3) is 0.400. The fourth-order valence-corrected chi connectivity index (χ4v) is 1.21. The summed E-state index contributed by atoms with van der Waals surface area (Å²) in [5.41, 5.74) is 4.96. The second kappa shape index (κ2) is 4.92. The highest BCUT2D eigenvalue weighted by Gasteiger charge is 2.33. The van der Waals surface area contributed by atoms with Gasteiger partial charge in [0.2, 0.25) is 5.91 Å². The fourth-order valence-electron chi connectivity index (χ4n) is 1.21. The summed E-state index contributed by atoms with van der Waals surface area (Å²) >= 11 is 0. The minimum absolute atomic E-state index is 0.161. The van der Waals surface area contributed by atoms with Crippen LogP contribution >= 0.6 is 0 Å². The van der Waals surface area contributed by atoms with E-state index in [4.69, 9.17) is 11.6 Å². The van der Waals surface area contributed by atoms with Gasteiger partial charge in [0.15, 0.2) is 0 Å². The van der Waals surface area contributed by atoms with E-state index < -0.39 is 23.2 Å². The first-order valence-corrected chi connectivity index (χ1v) is 5.20. The van der Waals surface area contributed by atoms with Crippen LogP contribution < -0.4 is 22.3 Å². The van der Waals surface area contributed by atoms with Crippen molar-refractivity contribution in [2.45, 2.75) is 25.6 Å². The maximum Gasteiger partial charge on any atom is 0.416 e. The van der Waals surface area contributed by atoms with Crippen LogP contribution in [0, 0.1) is 0 Å². The molecule has 6 N–H and O–H groups in total. The molecule has 0 bridgehead atoms. The minimum atomic E-state index is -4.55. The van der Waals surface area contributed by atoms with Crippen LogP contribution in [0.1, 0.15) is 19.4 Å². The summed E-state index contributed by atoms with van der Waals surface area (Å²) < 4.78 is 38.0. The predicted octanol–water partition coefficient (Wildman–Crippen LogP) is 1.06. The van der Waals surface area contributed by atoms with Crippen molar-refractivity contribution >= 4 is 17.5 Å². The van der Waals surface area contributed by atoms with Gasteiger partial charge in [-0.3, -0.25) is 4.79 Å². The van der Waals surface area contributed by atoms with Crippen LogP contribution in [0.3, 0.4) is 0 Å². The number of aromatic nitrogens is 1. The third-order valence-corrected chi connectivity index (χ3v) is 2.36. The number of nitrogens with one attached hydrogen (secondary N) is 2. The van der Waals surface area contributed by atoms with Crippen molar-refractivity contribution in [1.82, 2.24) is 4.98 Å². The number of hydrazine groups is 1. The van der Waals surface area contributed by atoms with E-state index in [1.54, 1.807) is 0 Å². The third-order valence-electron chi connectivity index (χ3n) is 2.36. The second-order valence-corrected chi connectivity index (χ2v) is 4.38. The molecule has 0 unspecified atom stereocenters. The van der Waals surface area contributed by atoms with Gasteiger partial charge >= 0.3 is 6.18 Å². The van der Waals surface area contributed by atoms with Crippen LogP contribution in [0.15, 0.2) is 12.1 Å². The maximum absolute atomic E-state index is 12.7. The highest BCUT2D eigenvalue weighted by Crippen LogP contribution is 2.32. The van der Waals surface area contributed by atoms with E-state index >= 15 is 0 Å². The lowest BCUT2D eigenvalue weighted by atomic mass is 10.1. The molecule has 1 aromatic heterocycles. The smallest absolute Gasteiger partial charge is 0.368 e. The Balaban J connectivity index is 3.18. The number of halogens is 3. The molecule has 0 aliphatic carbocycles. The van der Waals surface area contributed by atoms with Gasteiger partial charge in [0.1, 0.15) is 17.2 Å². The molecule has 0 spiro atoms. The molecule has 1 heterocycles. The summed E-state index contributed by atoms with van der Waals surface area (Å²) in [7, 11) is 0. The summed E-state index contributed by atoms with van der Waals surface area (Å²) in [5, 5.41) is 2.52. The van der Waals surface area contributed by atoms with Crippen molar-refractivity contribution < 1.29 is 18.0 Å². The molecular formula is C10H14F3N5O. The lowest BCUT2D eigenvalue weighted by Gasteiger charge is -2.23. The standard InChI is InChI=1S/C10H14F3N5O/c1-9(2,8(14)19)17-6-3-5(10(11,12)13)4-7(16-6)18-15/h3-4H,15H2,1-2H3,(H2,14,19)(H2,16,17,18). The van der Waals surface area contributed by atoms with E-state index in [0.717, 1.165) is 12.1 Å². The molecule has 0 saturated carbocycles. The number of anilines is 2. The number of hydrogen-bond acceptors (Lipinski definition) is 5. The van der Waals surface area contributed by atoms with Gasteiger partial charge in [-0.25, -0.2) is 10.8 Å². The average Bonchev–Trinajstić information content (AvgIpc) is 2.26. The summed E-state index contributed by atoms with van der Waals surface area (Å²) in [5.74, 6) is 3.98. The van der Waals surface area contributed by atoms with Crippen molar-refractivity contribution in [3.8, 4) is 0 Å². The molecule has 6 nitrogen and oxygen atoms in total. The van der Waals surface area contributed by atoms with Crippen molar-refractivity contribution in [3.63, 3.8) is 0 Å². The van der Waals surface area contributed by atoms with Gasteiger partial charge < -0.3 is 16.5 Å². The lowest BCUT2D eigenvalue weighted by molar-refractivity contribution is -0.137. The Morgan fingerprint density at radius 2 is 1.79 bits per heavy atom.